The van der Waals surface area contributed by atoms with E-state index in [1.54, 1.807) is 7.11 Å². The van der Waals surface area contributed by atoms with E-state index in [1.807, 2.05) is 0 Å². The van der Waals surface area contributed by atoms with Gasteiger partial charge in [-0.3, -0.25) is 4.79 Å². The largest absolute Gasteiger partial charge is 0.464 e. The molecular weight excluding hydrogens is 186 g/mol. The molecule has 0 aliphatic carbocycles. The third-order valence-electron chi connectivity index (χ3n) is 2.13. The van der Waals surface area contributed by atoms with Gasteiger partial charge in [-0.15, -0.1) is 0 Å². The van der Waals surface area contributed by atoms with Crippen molar-refractivity contribution in [2.45, 2.75) is 25.0 Å². The van der Waals surface area contributed by atoms with Crippen LogP contribution in [0.2, 0.25) is 0 Å². The molecule has 1 heterocycles. The number of aliphatic hydroxyl groups excluding tert-OH is 1. The number of aliphatic hydroxyl groups is 1. The van der Waals surface area contributed by atoms with E-state index in [2.05, 4.69) is 5.32 Å². The minimum absolute atomic E-state index is 0.280. The maximum Gasteiger partial charge on any atom is 0.323 e. The van der Waals surface area contributed by atoms with Crippen molar-refractivity contribution in [2.75, 3.05) is 26.9 Å². The Morgan fingerprint density at radius 1 is 1.57 bits per heavy atom. The van der Waals surface area contributed by atoms with Crippen molar-refractivity contribution in [1.82, 2.24) is 5.32 Å². The number of hydrogen-bond acceptors (Lipinski definition) is 5. The first-order valence-electron chi connectivity index (χ1n) is 4.81. The topological polar surface area (TPSA) is 67.8 Å². The zero-order valence-electron chi connectivity index (χ0n) is 8.36. The molecule has 0 saturated carbocycles. The molecule has 1 rings (SSSR count). The van der Waals surface area contributed by atoms with Crippen LogP contribution in [0.15, 0.2) is 0 Å². The molecule has 2 atom stereocenters. The van der Waals surface area contributed by atoms with Crippen LogP contribution in [-0.4, -0.2) is 50.1 Å². The maximum absolute atomic E-state index is 11.3. The molecule has 2 N–H and O–H groups in total. The van der Waals surface area contributed by atoms with Crippen LogP contribution in [0.3, 0.4) is 0 Å². The number of hydrogen-bond donors (Lipinski definition) is 2. The first kappa shape index (κ1) is 11.4. The lowest BCUT2D eigenvalue weighted by molar-refractivity contribution is -0.146. The minimum atomic E-state index is -0.425. The van der Waals surface area contributed by atoms with E-state index >= 15 is 0 Å². The van der Waals surface area contributed by atoms with Gasteiger partial charge in [0.15, 0.2) is 0 Å². The van der Waals surface area contributed by atoms with E-state index in [1.165, 1.54) is 0 Å². The maximum atomic E-state index is 11.3. The van der Waals surface area contributed by atoms with Crippen LogP contribution in [0.5, 0.6) is 0 Å². The minimum Gasteiger partial charge on any atom is -0.464 e. The fourth-order valence-corrected chi connectivity index (χ4v) is 1.37. The summed E-state index contributed by atoms with van der Waals surface area (Å²) in [6.07, 6.45) is 0.729. The lowest BCUT2D eigenvalue weighted by Crippen LogP contribution is -2.32. The molecule has 14 heavy (non-hydrogen) atoms. The quantitative estimate of drug-likeness (QED) is 0.456. The summed E-state index contributed by atoms with van der Waals surface area (Å²) >= 11 is 0. The molecule has 0 aromatic rings. The first-order valence-corrected chi connectivity index (χ1v) is 4.81. The van der Waals surface area contributed by atoms with Crippen molar-refractivity contribution in [3.05, 3.63) is 0 Å². The third kappa shape index (κ3) is 3.61. The molecule has 82 valence electrons. The number of rotatable bonds is 5. The summed E-state index contributed by atoms with van der Waals surface area (Å²) < 4.78 is 9.80. The van der Waals surface area contributed by atoms with E-state index in [0.29, 0.717) is 32.6 Å². The van der Waals surface area contributed by atoms with Crippen LogP contribution in [0, 0.1) is 0 Å². The molecule has 1 aliphatic rings. The van der Waals surface area contributed by atoms with Crippen molar-refractivity contribution in [1.29, 1.82) is 0 Å². The van der Waals surface area contributed by atoms with E-state index in [4.69, 9.17) is 14.6 Å². The van der Waals surface area contributed by atoms with Gasteiger partial charge in [0.05, 0.1) is 12.7 Å². The number of carbonyl (C=O) groups excluding carboxylic acids is 1. The van der Waals surface area contributed by atoms with Crippen molar-refractivity contribution < 1.29 is 19.4 Å². The number of esters is 1. The van der Waals surface area contributed by atoms with Crippen molar-refractivity contribution >= 4 is 5.97 Å². The standard InChI is InChI=1S/C9H17NO4/c1-13-3-2-4-14-9(12)8-5-7(11)6-10-8/h7-8,10-11H,2-6H2,1H3/t7-,8+/m1/s1. The molecule has 0 aromatic heterocycles. The highest BCUT2D eigenvalue weighted by Gasteiger charge is 2.28. The lowest BCUT2D eigenvalue weighted by Gasteiger charge is -2.09. The van der Waals surface area contributed by atoms with Gasteiger partial charge < -0.3 is 19.9 Å². The molecule has 0 amide bonds. The van der Waals surface area contributed by atoms with Crippen LogP contribution in [0.4, 0.5) is 0 Å². The Kier molecular flexibility index (Phi) is 4.86. The SMILES string of the molecule is COCCCOC(=O)[C@@H]1C[C@@H](O)CN1. The second-order valence-electron chi connectivity index (χ2n) is 3.36. The number of ether oxygens (including phenoxy) is 2. The van der Waals surface area contributed by atoms with Crippen molar-refractivity contribution in [2.24, 2.45) is 0 Å². The van der Waals surface area contributed by atoms with Gasteiger partial charge in [0.1, 0.15) is 6.04 Å². The van der Waals surface area contributed by atoms with E-state index in [-0.39, 0.29) is 12.0 Å². The molecule has 5 heteroatoms. The number of carbonyl (C=O) groups is 1. The molecule has 0 aromatic carbocycles. The molecule has 1 saturated heterocycles. The summed E-state index contributed by atoms with van der Waals surface area (Å²) in [5.74, 6) is -0.280. The van der Waals surface area contributed by atoms with Gasteiger partial charge in [0, 0.05) is 33.1 Å². The van der Waals surface area contributed by atoms with Crippen LogP contribution < -0.4 is 5.32 Å². The summed E-state index contributed by atoms with van der Waals surface area (Å²) in [5.41, 5.74) is 0. The van der Waals surface area contributed by atoms with E-state index in [9.17, 15) is 4.79 Å². The molecule has 5 nitrogen and oxygen atoms in total. The fourth-order valence-electron chi connectivity index (χ4n) is 1.37. The molecule has 0 unspecified atom stereocenters. The zero-order valence-corrected chi connectivity index (χ0v) is 8.36. The molecule has 0 radical (unpaired) electrons. The second-order valence-corrected chi connectivity index (χ2v) is 3.36. The van der Waals surface area contributed by atoms with Gasteiger partial charge in [0.2, 0.25) is 0 Å². The Hall–Kier alpha value is -0.650. The average Bonchev–Trinajstić information content (AvgIpc) is 2.59. The van der Waals surface area contributed by atoms with Crippen LogP contribution in [0.25, 0.3) is 0 Å². The summed E-state index contributed by atoms with van der Waals surface area (Å²) in [4.78, 5) is 11.3. The summed E-state index contributed by atoms with van der Waals surface area (Å²) in [6.45, 7) is 1.44. The Balaban J connectivity index is 2.09. The Labute approximate surface area is 83.4 Å². The number of methoxy groups -OCH3 is 1. The normalized spacial score (nSPS) is 26.4. The zero-order chi connectivity index (χ0) is 10.4. The molecule has 1 aliphatic heterocycles. The Morgan fingerprint density at radius 2 is 2.36 bits per heavy atom. The van der Waals surface area contributed by atoms with E-state index in [0.717, 1.165) is 0 Å². The van der Waals surface area contributed by atoms with Gasteiger partial charge in [-0.25, -0.2) is 0 Å². The van der Waals surface area contributed by atoms with Crippen molar-refractivity contribution in [3.8, 4) is 0 Å². The fraction of sp³-hybridized carbons (Fsp3) is 0.889. The second kappa shape index (κ2) is 5.95. The first-order chi connectivity index (χ1) is 6.74. The van der Waals surface area contributed by atoms with Crippen LogP contribution >= 0.6 is 0 Å². The summed E-state index contributed by atoms with van der Waals surface area (Å²) in [5, 5.41) is 12.1. The predicted molar refractivity (Wildman–Crippen MR) is 49.9 cm³/mol. The summed E-state index contributed by atoms with van der Waals surface area (Å²) in [6, 6.07) is -0.340. The molecule has 0 spiro atoms. The lowest BCUT2D eigenvalue weighted by atomic mass is 10.2. The predicted octanol–water partition coefficient (Wildman–Crippen LogP) is -0.711. The van der Waals surface area contributed by atoms with Gasteiger partial charge in [-0.1, -0.05) is 0 Å². The summed E-state index contributed by atoms with van der Waals surface area (Å²) in [7, 11) is 1.61. The molecular formula is C9H17NO4. The van der Waals surface area contributed by atoms with Gasteiger partial charge in [-0.05, 0) is 0 Å². The molecule has 1 fully saturated rings. The number of β-amino-alcohol motifs (C(OH)–C–C–N with tert-alkyl or cyclic N) is 1. The number of nitrogens with one attached hydrogen (secondary N) is 1. The van der Waals surface area contributed by atoms with E-state index < -0.39 is 6.10 Å². The third-order valence-corrected chi connectivity index (χ3v) is 2.13. The smallest absolute Gasteiger partial charge is 0.323 e. The molecule has 0 bridgehead atoms. The van der Waals surface area contributed by atoms with Gasteiger partial charge in [-0.2, -0.15) is 0 Å². The highest BCUT2D eigenvalue weighted by Crippen LogP contribution is 2.07. The van der Waals surface area contributed by atoms with Gasteiger partial charge >= 0.3 is 5.97 Å². The van der Waals surface area contributed by atoms with Crippen LogP contribution in [0.1, 0.15) is 12.8 Å². The monoisotopic (exact) mass is 203 g/mol. The van der Waals surface area contributed by atoms with Gasteiger partial charge in [0.25, 0.3) is 0 Å². The highest BCUT2D eigenvalue weighted by molar-refractivity contribution is 5.76. The van der Waals surface area contributed by atoms with Crippen LogP contribution in [-0.2, 0) is 14.3 Å². The highest BCUT2D eigenvalue weighted by atomic mass is 16.5. The Morgan fingerprint density at radius 3 is 2.93 bits per heavy atom. The average molecular weight is 203 g/mol. The Bertz CT molecular complexity index is 186. The van der Waals surface area contributed by atoms with Crippen molar-refractivity contribution in [3.63, 3.8) is 0 Å².